The van der Waals surface area contributed by atoms with Gasteiger partial charge in [-0.3, -0.25) is 0 Å². The van der Waals surface area contributed by atoms with E-state index in [1.165, 1.54) is 7.11 Å². The molecular weight excluding hydrogens is 343 g/mol. The fourth-order valence-electron chi connectivity index (χ4n) is 2.11. The SMILES string of the molecule is CO[C@@H]1OC2COC(C)(C)O[C@@H]2C(OI)[C@@H]1O. The van der Waals surface area contributed by atoms with Crippen LogP contribution in [0.25, 0.3) is 0 Å². The topological polar surface area (TPSA) is 66.4 Å². The summed E-state index contributed by atoms with van der Waals surface area (Å²) in [5.74, 6) is -0.697. The van der Waals surface area contributed by atoms with E-state index in [4.69, 9.17) is 22.0 Å². The molecule has 0 aromatic rings. The number of halogens is 1. The molecule has 2 fully saturated rings. The third-order valence-corrected chi connectivity index (χ3v) is 3.55. The van der Waals surface area contributed by atoms with Gasteiger partial charge in [-0.15, -0.1) is 0 Å². The monoisotopic (exact) mass is 360 g/mol. The molecule has 7 heteroatoms. The van der Waals surface area contributed by atoms with E-state index in [9.17, 15) is 5.11 Å². The number of rotatable bonds is 2. The van der Waals surface area contributed by atoms with Crippen molar-refractivity contribution in [3.8, 4) is 0 Å². The van der Waals surface area contributed by atoms with E-state index in [1.807, 2.05) is 13.8 Å². The highest BCUT2D eigenvalue weighted by Gasteiger charge is 2.51. The lowest BCUT2D eigenvalue weighted by atomic mass is 9.97. The van der Waals surface area contributed by atoms with Crippen molar-refractivity contribution in [2.24, 2.45) is 0 Å². The maximum atomic E-state index is 10.0. The molecule has 2 aliphatic rings. The van der Waals surface area contributed by atoms with Crippen LogP contribution in [0, 0.1) is 0 Å². The molecule has 0 saturated carbocycles. The average Bonchev–Trinajstić information content (AvgIpc) is 2.27. The van der Waals surface area contributed by atoms with E-state index in [0.29, 0.717) is 6.61 Å². The number of methoxy groups -OCH3 is 1. The minimum absolute atomic E-state index is 0.295. The van der Waals surface area contributed by atoms with Gasteiger partial charge in [-0.1, -0.05) is 0 Å². The summed E-state index contributed by atoms with van der Waals surface area (Å²) in [6, 6.07) is 0. The molecule has 0 bridgehead atoms. The molecule has 2 unspecified atom stereocenters. The van der Waals surface area contributed by atoms with Gasteiger partial charge >= 0.3 is 0 Å². The lowest BCUT2D eigenvalue weighted by Gasteiger charge is -2.48. The van der Waals surface area contributed by atoms with Gasteiger partial charge in [0.25, 0.3) is 0 Å². The summed E-state index contributed by atoms with van der Waals surface area (Å²) in [5.41, 5.74) is 0. The van der Waals surface area contributed by atoms with Crippen molar-refractivity contribution >= 4 is 23.0 Å². The van der Waals surface area contributed by atoms with Gasteiger partial charge in [0.15, 0.2) is 12.1 Å². The number of hydrogen-bond donors (Lipinski definition) is 1. The molecule has 6 nitrogen and oxygen atoms in total. The van der Waals surface area contributed by atoms with Crippen molar-refractivity contribution in [3.05, 3.63) is 0 Å². The van der Waals surface area contributed by atoms with Gasteiger partial charge in [-0.2, -0.15) is 0 Å². The molecule has 2 saturated heterocycles. The number of aliphatic hydroxyl groups is 1. The smallest absolute Gasteiger partial charge is 0.186 e. The highest BCUT2D eigenvalue weighted by Crippen LogP contribution is 2.34. The maximum Gasteiger partial charge on any atom is 0.186 e. The van der Waals surface area contributed by atoms with Crippen LogP contribution in [-0.2, 0) is 22.0 Å². The van der Waals surface area contributed by atoms with Gasteiger partial charge in [0.2, 0.25) is 0 Å². The summed E-state index contributed by atoms with van der Waals surface area (Å²) in [4.78, 5) is 0. The zero-order valence-corrected chi connectivity index (χ0v) is 12.1. The van der Waals surface area contributed by atoms with Crippen LogP contribution in [0.15, 0.2) is 0 Å². The Morgan fingerprint density at radius 2 is 2.12 bits per heavy atom. The molecule has 0 aliphatic carbocycles. The van der Waals surface area contributed by atoms with Crippen molar-refractivity contribution < 1.29 is 27.1 Å². The molecule has 0 amide bonds. The highest BCUT2D eigenvalue weighted by atomic mass is 127. The Morgan fingerprint density at radius 3 is 2.71 bits per heavy atom. The Morgan fingerprint density at radius 1 is 1.41 bits per heavy atom. The second-order valence-electron chi connectivity index (χ2n) is 4.62. The Bertz CT molecular complexity index is 274. The average molecular weight is 360 g/mol. The molecule has 1 N–H and O–H groups in total. The first-order chi connectivity index (χ1) is 7.98. The van der Waals surface area contributed by atoms with E-state index >= 15 is 0 Å². The Hall–Kier alpha value is 0.490. The van der Waals surface area contributed by atoms with Crippen LogP contribution in [0.1, 0.15) is 13.8 Å². The van der Waals surface area contributed by atoms with Gasteiger partial charge in [-0.05, 0) is 13.8 Å². The van der Waals surface area contributed by atoms with Crippen LogP contribution in [0.3, 0.4) is 0 Å². The van der Waals surface area contributed by atoms with Gasteiger partial charge < -0.3 is 27.1 Å². The molecule has 2 heterocycles. The molecule has 17 heavy (non-hydrogen) atoms. The van der Waals surface area contributed by atoms with E-state index < -0.39 is 24.3 Å². The Balaban J connectivity index is 2.15. The quantitative estimate of drug-likeness (QED) is 0.728. The van der Waals surface area contributed by atoms with Gasteiger partial charge in [0.1, 0.15) is 47.4 Å². The van der Waals surface area contributed by atoms with E-state index in [0.717, 1.165) is 0 Å². The predicted molar refractivity (Wildman–Crippen MR) is 65.5 cm³/mol. The van der Waals surface area contributed by atoms with E-state index in [2.05, 4.69) is 0 Å². The van der Waals surface area contributed by atoms with Crippen LogP contribution in [0.2, 0.25) is 0 Å². The normalized spacial score (nSPS) is 45.4. The van der Waals surface area contributed by atoms with Gasteiger partial charge in [0, 0.05) is 7.11 Å². The molecule has 0 aromatic heterocycles. The molecule has 100 valence electrons. The summed E-state index contributed by atoms with van der Waals surface area (Å²) in [7, 11) is 1.48. The zero-order valence-electron chi connectivity index (χ0n) is 9.96. The number of fused-ring (bicyclic) bond motifs is 1. The molecule has 0 spiro atoms. The number of ether oxygens (including phenoxy) is 4. The molecular formula is C10H17IO6. The minimum atomic E-state index is -0.882. The van der Waals surface area contributed by atoms with Crippen LogP contribution in [0.4, 0.5) is 0 Å². The molecule has 5 atom stereocenters. The molecule has 2 aliphatic heterocycles. The van der Waals surface area contributed by atoms with Crippen molar-refractivity contribution in [1.29, 1.82) is 0 Å². The van der Waals surface area contributed by atoms with Crippen molar-refractivity contribution in [2.45, 2.75) is 50.3 Å². The van der Waals surface area contributed by atoms with Crippen LogP contribution in [-0.4, -0.2) is 55.3 Å². The first kappa shape index (κ1) is 13.9. The van der Waals surface area contributed by atoms with E-state index in [-0.39, 0.29) is 12.2 Å². The lowest BCUT2D eigenvalue weighted by Crippen LogP contribution is -2.64. The van der Waals surface area contributed by atoms with Crippen LogP contribution < -0.4 is 0 Å². The maximum absolute atomic E-state index is 10.0. The van der Waals surface area contributed by atoms with E-state index in [1.54, 1.807) is 23.0 Å². The van der Waals surface area contributed by atoms with Gasteiger partial charge in [-0.25, -0.2) is 0 Å². The third kappa shape index (κ3) is 2.75. The summed E-state index contributed by atoms with van der Waals surface area (Å²) in [6.45, 7) is 4.03. The van der Waals surface area contributed by atoms with Gasteiger partial charge in [0.05, 0.1) is 6.61 Å². The predicted octanol–water partition coefficient (Wildman–Crippen LogP) is 0.605. The zero-order chi connectivity index (χ0) is 12.6. The third-order valence-electron chi connectivity index (χ3n) is 2.96. The van der Waals surface area contributed by atoms with Crippen molar-refractivity contribution in [2.75, 3.05) is 13.7 Å². The van der Waals surface area contributed by atoms with Crippen LogP contribution in [0.5, 0.6) is 0 Å². The fourth-order valence-corrected chi connectivity index (χ4v) is 2.70. The van der Waals surface area contributed by atoms with Crippen LogP contribution >= 0.6 is 23.0 Å². The van der Waals surface area contributed by atoms with Crippen molar-refractivity contribution in [3.63, 3.8) is 0 Å². The fraction of sp³-hybridized carbons (Fsp3) is 1.00. The summed E-state index contributed by atoms with van der Waals surface area (Å²) >= 11 is 1.76. The molecule has 0 radical (unpaired) electrons. The Labute approximate surface area is 114 Å². The molecule has 0 aromatic carbocycles. The first-order valence-corrected chi connectivity index (χ1v) is 6.32. The lowest BCUT2D eigenvalue weighted by molar-refractivity contribution is -0.374. The largest absolute Gasteiger partial charge is 0.385 e. The summed E-state index contributed by atoms with van der Waals surface area (Å²) in [5, 5.41) is 10.0. The summed E-state index contributed by atoms with van der Waals surface area (Å²) < 4.78 is 27.2. The summed E-state index contributed by atoms with van der Waals surface area (Å²) in [6.07, 6.45) is -2.76. The highest BCUT2D eigenvalue weighted by molar-refractivity contribution is 14.1. The van der Waals surface area contributed by atoms with Crippen molar-refractivity contribution in [1.82, 2.24) is 0 Å². The second-order valence-corrected chi connectivity index (χ2v) is 5.12. The second kappa shape index (κ2) is 5.24. The standard InChI is InChI=1S/C10H17IO6/c1-10(2)14-4-5-7(16-10)8(17-11)6(12)9(13-3)15-5/h5-9,12H,4H2,1-3H3/t5?,6-,7-,8?,9+/m0/s1. The number of hydrogen-bond acceptors (Lipinski definition) is 6. The number of aliphatic hydroxyl groups excluding tert-OH is 1. The molecule has 2 rings (SSSR count). The first-order valence-electron chi connectivity index (χ1n) is 5.44. The minimum Gasteiger partial charge on any atom is -0.385 e. The Kier molecular flexibility index (Phi) is 4.28.